The molecule has 0 saturated heterocycles. The lowest BCUT2D eigenvalue weighted by molar-refractivity contribution is -0.00374. The predicted molar refractivity (Wildman–Crippen MR) is 67.7 cm³/mol. The molecule has 0 aromatic heterocycles. The molecule has 17 heavy (non-hydrogen) atoms. The van der Waals surface area contributed by atoms with Crippen molar-refractivity contribution < 1.29 is 9.84 Å². The van der Waals surface area contributed by atoms with Gasteiger partial charge in [-0.25, -0.2) is 0 Å². The van der Waals surface area contributed by atoms with Gasteiger partial charge < -0.3 is 9.84 Å². The molecule has 0 aromatic rings. The van der Waals surface area contributed by atoms with E-state index in [9.17, 15) is 5.11 Å². The highest BCUT2D eigenvalue weighted by atomic mass is 16.5. The highest BCUT2D eigenvalue weighted by Crippen LogP contribution is 2.48. The van der Waals surface area contributed by atoms with E-state index in [4.69, 9.17) is 4.74 Å². The lowest BCUT2D eigenvalue weighted by Crippen LogP contribution is -2.41. The van der Waals surface area contributed by atoms with E-state index < -0.39 is 0 Å². The molecule has 96 valence electrons. The first kappa shape index (κ1) is 11.7. The van der Waals surface area contributed by atoms with Gasteiger partial charge in [-0.3, -0.25) is 0 Å². The molecule has 3 aliphatic rings. The van der Waals surface area contributed by atoms with Gasteiger partial charge >= 0.3 is 0 Å². The lowest BCUT2D eigenvalue weighted by Gasteiger charge is -2.46. The van der Waals surface area contributed by atoms with Crippen molar-refractivity contribution in [1.82, 2.24) is 0 Å². The smallest absolute Gasteiger partial charge is 0.0608 e. The van der Waals surface area contributed by atoms with Gasteiger partial charge in [0.2, 0.25) is 0 Å². The standard InChI is InChI=1S/C15H24O2/c1-17-12-7-5-10-6-8-14(16)15-11(9-12)3-2-4-13(10)15/h4,10-12,14-16H,2-3,5-9H2,1H3/t10-,11-,12+,14+,15-/m1/s1. The minimum atomic E-state index is -0.0848. The van der Waals surface area contributed by atoms with Gasteiger partial charge in [-0.2, -0.15) is 0 Å². The fourth-order valence-electron chi connectivity index (χ4n) is 4.38. The first-order valence-electron chi connectivity index (χ1n) is 7.20. The van der Waals surface area contributed by atoms with Gasteiger partial charge in [0.05, 0.1) is 12.2 Å². The molecule has 3 aliphatic carbocycles. The molecule has 0 radical (unpaired) electrons. The molecule has 0 amide bonds. The maximum Gasteiger partial charge on any atom is 0.0608 e. The zero-order valence-corrected chi connectivity index (χ0v) is 10.8. The molecule has 0 unspecified atom stereocenters. The molecule has 0 aliphatic heterocycles. The summed E-state index contributed by atoms with van der Waals surface area (Å²) in [7, 11) is 1.85. The van der Waals surface area contributed by atoms with Gasteiger partial charge in [-0.05, 0) is 56.8 Å². The molecule has 0 spiro atoms. The summed E-state index contributed by atoms with van der Waals surface area (Å²) in [6, 6.07) is 0. The van der Waals surface area contributed by atoms with Crippen LogP contribution in [0.4, 0.5) is 0 Å². The fourth-order valence-corrected chi connectivity index (χ4v) is 4.38. The van der Waals surface area contributed by atoms with Crippen LogP contribution in [-0.4, -0.2) is 24.4 Å². The van der Waals surface area contributed by atoms with Crippen molar-refractivity contribution in [2.24, 2.45) is 17.8 Å². The average Bonchev–Trinajstić information content (AvgIpc) is 2.36. The number of allylic oxidation sites excluding steroid dienone is 1. The molecule has 2 nitrogen and oxygen atoms in total. The Balaban J connectivity index is 1.90. The van der Waals surface area contributed by atoms with E-state index in [1.54, 1.807) is 5.57 Å². The van der Waals surface area contributed by atoms with E-state index in [0.717, 1.165) is 18.8 Å². The summed E-state index contributed by atoms with van der Waals surface area (Å²) in [6.45, 7) is 0. The second-order valence-corrected chi connectivity index (χ2v) is 6.08. The Labute approximate surface area is 104 Å². The topological polar surface area (TPSA) is 29.5 Å². The second-order valence-electron chi connectivity index (χ2n) is 6.08. The number of methoxy groups -OCH3 is 1. The van der Waals surface area contributed by atoms with E-state index in [1.807, 2.05) is 7.11 Å². The first-order chi connectivity index (χ1) is 8.29. The van der Waals surface area contributed by atoms with Crippen LogP contribution in [0.25, 0.3) is 0 Å². The zero-order chi connectivity index (χ0) is 11.8. The molecule has 0 aromatic carbocycles. The predicted octanol–water partition coefficient (Wildman–Crippen LogP) is 2.91. The molecule has 3 rings (SSSR count). The normalized spacial score (nSPS) is 45.8. The van der Waals surface area contributed by atoms with Crippen LogP contribution < -0.4 is 0 Å². The lowest BCUT2D eigenvalue weighted by atomic mass is 9.62. The van der Waals surface area contributed by atoms with Crippen molar-refractivity contribution in [1.29, 1.82) is 0 Å². The van der Waals surface area contributed by atoms with E-state index in [0.29, 0.717) is 17.9 Å². The number of ether oxygens (including phenoxy) is 1. The van der Waals surface area contributed by atoms with E-state index in [1.165, 1.54) is 32.1 Å². The van der Waals surface area contributed by atoms with Gasteiger partial charge in [0.1, 0.15) is 0 Å². The maximum absolute atomic E-state index is 10.3. The number of aliphatic hydroxyl groups is 1. The number of hydrogen-bond donors (Lipinski definition) is 1. The number of hydrogen-bond acceptors (Lipinski definition) is 2. The molecule has 2 heteroatoms. The zero-order valence-electron chi connectivity index (χ0n) is 10.8. The largest absolute Gasteiger partial charge is 0.392 e. The summed E-state index contributed by atoms with van der Waals surface area (Å²) in [6.07, 6.45) is 11.1. The summed E-state index contributed by atoms with van der Waals surface area (Å²) in [5.74, 6) is 1.86. The van der Waals surface area contributed by atoms with Crippen LogP contribution in [0.1, 0.15) is 44.9 Å². The fraction of sp³-hybridized carbons (Fsp3) is 0.867. The second kappa shape index (κ2) is 4.74. The van der Waals surface area contributed by atoms with Gasteiger partial charge in [-0.1, -0.05) is 11.6 Å². The van der Waals surface area contributed by atoms with E-state index in [2.05, 4.69) is 6.08 Å². The van der Waals surface area contributed by atoms with Crippen molar-refractivity contribution in [3.63, 3.8) is 0 Å². The van der Waals surface area contributed by atoms with Crippen LogP contribution in [0.3, 0.4) is 0 Å². The van der Waals surface area contributed by atoms with E-state index >= 15 is 0 Å². The molecule has 2 saturated carbocycles. The molecule has 5 atom stereocenters. The number of rotatable bonds is 1. The number of aliphatic hydroxyl groups excluding tert-OH is 1. The van der Waals surface area contributed by atoms with Crippen LogP contribution in [-0.2, 0) is 4.74 Å². The Kier molecular flexibility index (Phi) is 3.27. The molecule has 2 fully saturated rings. The van der Waals surface area contributed by atoms with Gasteiger partial charge in [0.25, 0.3) is 0 Å². The van der Waals surface area contributed by atoms with Crippen LogP contribution in [0.2, 0.25) is 0 Å². The molecular formula is C15H24O2. The van der Waals surface area contributed by atoms with Crippen molar-refractivity contribution in [2.75, 3.05) is 7.11 Å². The van der Waals surface area contributed by atoms with Crippen LogP contribution in [0.15, 0.2) is 11.6 Å². The van der Waals surface area contributed by atoms with Crippen molar-refractivity contribution in [2.45, 2.75) is 57.2 Å². The first-order valence-corrected chi connectivity index (χ1v) is 7.20. The van der Waals surface area contributed by atoms with Crippen LogP contribution in [0, 0.1) is 17.8 Å². The highest BCUT2D eigenvalue weighted by Gasteiger charge is 2.42. The third-order valence-corrected chi connectivity index (χ3v) is 5.24. The summed E-state index contributed by atoms with van der Waals surface area (Å²) < 4.78 is 5.62. The van der Waals surface area contributed by atoms with Crippen LogP contribution in [0.5, 0.6) is 0 Å². The molecular weight excluding hydrogens is 212 g/mol. The SMILES string of the molecule is CO[C@H]1CC[C@@H]2CC[C@H](O)[C@H]3C2=CCC[C@@H]3C1. The van der Waals surface area contributed by atoms with Gasteiger partial charge in [0, 0.05) is 13.0 Å². The minimum Gasteiger partial charge on any atom is -0.392 e. The Bertz CT molecular complexity index is 310. The van der Waals surface area contributed by atoms with E-state index in [-0.39, 0.29) is 6.10 Å². The monoisotopic (exact) mass is 236 g/mol. The Morgan fingerprint density at radius 3 is 2.82 bits per heavy atom. The minimum absolute atomic E-state index is 0.0848. The summed E-state index contributed by atoms with van der Waals surface area (Å²) in [4.78, 5) is 0. The summed E-state index contributed by atoms with van der Waals surface area (Å²) in [5.41, 5.74) is 1.61. The summed E-state index contributed by atoms with van der Waals surface area (Å²) >= 11 is 0. The Hall–Kier alpha value is -0.340. The Morgan fingerprint density at radius 1 is 1.18 bits per heavy atom. The summed E-state index contributed by atoms with van der Waals surface area (Å²) in [5, 5.41) is 10.3. The third-order valence-electron chi connectivity index (χ3n) is 5.24. The molecule has 0 heterocycles. The Morgan fingerprint density at radius 2 is 2.00 bits per heavy atom. The highest BCUT2D eigenvalue weighted by molar-refractivity contribution is 5.20. The quantitative estimate of drug-likeness (QED) is 0.709. The molecule has 4 bridgehead atoms. The molecule has 1 N–H and O–H groups in total. The van der Waals surface area contributed by atoms with Gasteiger partial charge in [-0.15, -0.1) is 0 Å². The van der Waals surface area contributed by atoms with Crippen molar-refractivity contribution in [3.05, 3.63) is 11.6 Å². The third kappa shape index (κ3) is 2.06. The van der Waals surface area contributed by atoms with Crippen LogP contribution >= 0.6 is 0 Å². The van der Waals surface area contributed by atoms with Gasteiger partial charge in [0.15, 0.2) is 0 Å². The maximum atomic E-state index is 10.3. The van der Waals surface area contributed by atoms with Crippen molar-refractivity contribution >= 4 is 0 Å². The van der Waals surface area contributed by atoms with Crippen molar-refractivity contribution in [3.8, 4) is 0 Å². The average molecular weight is 236 g/mol.